The third-order valence-corrected chi connectivity index (χ3v) is 3.07. The molecule has 0 aromatic heterocycles. The van der Waals surface area contributed by atoms with Crippen LogP contribution in [0.3, 0.4) is 0 Å². The quantitative estimate of drug-likeness (QED) is 0.835. The zero-order chi connectivity index (χ0) is 12.3. The fraction of sp³-hybridized carbons (Fsp3) is 0.250. The molecule has 0 bridgehead atoms. The van der Waals surface area contributed by atoms with Crippen molar-refractivity contribution in [2.24, 2.45) is 0 Å². The van der Waals surface area contributed by atoms with Gasteiger partial charge in [0.1, 0.15) is 0 Å². The summed E-state index contributed by atoms with van der Waals surface area (Å²) in [7, 11) is 0. The van der Waals surface area contributed by atoms with E-state index in [9.17, 15) is 5.11 Å². The highest BCUT2D eigenvalue weighted by Crippen LogP contribution is 2.29. The molecule has 0 fully saturated rings. The molecule has 0 radical (unpaired) electrons. The van der Waals surface area contributed by atoms with E-state index in [1.54, 1.807) is 0 Å². The third-order valence-electron chi connectivity index (χ3n) is 3.07. The fourth-order valence-electron chi connectivity index (χ4n) is 2.00. The van der Waals surface area contributed by atoms with E-state index in [0.717, 1.165) is 17.5 Å². The van der Waals surface area contributed by atoms with Crippen molar-refractivity contribution < 1.29 is 5.11 Å². The number of aliphatic hydroxyl groups excluding tert-OH is 1. The van der Waals surface area contributed by atoms with E-state index in [2.05, 4.69) is 37.3 Å². The lowest BCUT2D eigenvalue weighted by molar-refractivity contribution is 0.174. The summed E-state index contributed by atoms with van der Waals surface area (Å²) in [6.07, 6.45) is 0.357. The van der Waals surface area contributed by atoms with Gasteiger partial charge in [0.25, 0.3) is 0 Å². The minimum Gasteiger partial charge on any atom is -0.388 e. The van der Waals surface area contributed by atoms with Gasteiger partial charge in [-0.15, -0.1) is 0 Å². The molecule has 1 atom stereocenters. The predicted molar refractivity (Wildman–Crippen MR) is 71.9 cm³/mol. The second-order valence-electron chi connectivity index (χ2n) is 4.38. The Kier molecular flexibility index (Phi) is 3.60. The summed E-state index contributed by atoms with van der Waals surface area (Å²) < 4.78 is 0. The highest BCUT2D eigenvalue weighted by molar-refractivity contribution is 5.68. The highest BCUT2D eigenvalue weighted by Gasteiger charge is 2.10. The molecular formula is C16H18O. The summed E-state index contributed by atoms with van der Waals surface area (Å²) in [4.78, 5) is 0. The summed E-state index contributed by atoms with van der Waals surface area (Å²) in [6.45, 7) is 4.08. The fourth-order valence-corrected chi connectivity index (χ4v) is 2.00. The van der Waals surface area contributed by atoms with E-state index in [1.165, 1.54) is 11.1 Å². The number of aryl methyl sites for hydroxylation is 1. The molecule has 1 heteroatoms. The van der Waals surface area contributed by atoms with Crippen molar-refractivity contribution in [2.45, 2.75) is 26.4 Å². The lowest BCUT2D eigenvalue weighted by Gasteiger charge is -2.14. The highest BCUT2D eigenvalue weighted by atomic mass is 16.3. The van der Waals surface area contributed by atoms with Crippen molar-refractivity contribution in [3.05, 3.63) is 59.7 Å². The lowest BCUT2D eigenvalue weighted by Crippen LogP contribution is -1.97. The van der Waals surface area contributed by atoms with Gasteiger partial charge in [-0.2, -0.15) is 0 Å². The van der Waals surface area contributed by atoms with Gasteiger partial charge in [-0.3, -0.25) is 0 Å². The maximum atomic E-state index is 10.0. The van der Waals surface area contributed by atoms with Crippen molar-refractivity contribution in [2.75, 3.05) is 0 Å². The van der Waals surface area contributed by atoms with Crippen LogP contribution in [-0.2, 0) is 0 Å². The Labute approximate surface area is 103 Å². The first kappa shape index (κ1) is 11.9. The number of aliphatic hydroxyl groups is 1. The van der Waals surface area contributed by atoms with Crippen LogP contribution in [0, 0.1) is 6.92 Å². The molecule has 2 aromatic carbocycles. The molecule has 0 aliphatic rings. The van der Waals surface area contributed by atoms with Crippen LogP contribution in [0.1, 0.15) is 30.6 Å². The summed E-state index contributed by atoms with van der Waals surface area (Å²) in [5.41, 5.74) is 4.56. The Morgan fingerprint density at radius 1 is 1.00 bits per heavy atom. The molecule has 0 saturated carbocycles. The molecule has 0 heterocycles. The molecule has 0 spiro atoms. The standard InChI is InChI=1S/C16H18O/c1-3-16(17)15-7-5-4-6-14(15)13-10-8-12(2)9-11-13/h4-11,16-17H,3H2,1-2H3/t16-/m0/s1. The van der Waals surface area contributed by atoms with Gasteiger partial charge in [0.2, 0.25) is 0 Å². The molecule has 0 aliphatic heterocycles. The van der Waals surface area contributed by atoms with E-state index in [0.29, 0.717) is 0 Å². The Balaban J connectivity index is 2.48. The van der Waals surface area contributed by atoms with E-state index in [-0.39, 0.29) is 6.10 Å². The lowest BCUT2D eigenvalue weighted by atomic mass is 9.95. The minimum absolute atomic E-state index is 0.382. The number of benzene rings is 2. The summed E-state index contributed by atoms with van der Waals surface area (Å²) in [5.74, 6) is 0. The van der Waals surface area contributed by atoms with Crippen molar-refractivity contribution in [1.82, 2.24) is 0 Å². The minimum atomic E-state index is -0.382. The predicted octanol–water partition coefficient (Wildman–Crippen LogP) is 4.11. The molecule has 17 heavy (non-hydrogen) atoms. The van der Waals surface area contributed by atoms with E-state index >= 15 is 0 Å². The second kappa shape index (κ2) is 5.15. The van der Waals surface area contributed by atoms with Gasteiger partial charge in [0, 0.05) is 0 Å². The summed E-state index contributed by atoms with van der Waals surface area (Å²) in [6, 6.07) is 16.5. The normalized spacial score (nSPS) is 12.4. The zero-order valence-corrected chi connectivity index (χ0v) is 10.4. The molecular weight excluding hydrogens is 208 g/mol. The van der Waals surface area contributed by atoms with Gasteiger partial charge in [0.15, 0.2) is 0 Å². The molecule has 0 amide bonds. The smallest absolute Gasteiger partial charge is 0.0793 e. The van der Waals surface area contributed by atoms with Gasteiger partial charge in [-0.1, -0.05) is 61.0 Å². The molecule has 1 nitrogen and oxygen atoms in total. The molecule has 88 valence electrons. The van der Waals surface area contributed by atoms with Gasteiger partial charge in [-0.25, -0.2) is 0 Å². The number of rotatable bonds is 3. The second-order valence-corrected chi connectivity index (χ2v) is 4.38. The van der Waals surface area contributed by atoms with Crippen LogP contribution in [0.25, 0.3) is 11.1 Å². The third kappa shape index (κ3) is 2.56. The van der Waals surface area contributed by atoms with Crippen LogP contribution in [0.5, 0.6) is 0 Å². The largest absolute Gasteiger partial charge is 0.388 e. The monoisotopic (exact) mass is 226 g/mol. The first-order chi connectivity index (χ1) is 8.22. The maximum Gasteiger partial charge on any atom is 0.0793 e. The van der Waals surface area contributed by atoms with E-state index in [4.69, 9.17) is 0 Å². The SMILES string of the molecule is CC[C@H](O)c1ccccc1-c1ccc(C)cc1. The average molecular weight is 226 g/mol. The first-order valence-electron chi connectivity index (χ1n) is 6.06. The van der Waals surface area contributed by atoms with Crippen LogP contribution in [0.4, 0.5) is 0 Å². The molecule has 2 aromatic rings. The molecule has 1 N–H and O–H groups in total. The van der Waals surface area contributed by atoms with Crippen LogP contribution >= 0.6 is 0 Å². The van der Waals surface area contributed by atoms with Crippen molar-refractivity contribution in [1.29, 1.82) is 0 Å². The molecule has 0 aliphatic carbocycles. The van der Waals surface area contributed by atoms with E-state index in [1.807, 2.05) is 25.1 Å². The van der Waals surface area contributed by atoms with Gasteiger partial charge in [0.05, 0.1) is 6.10 Å². The number of hydrogen-bond acceptors (Lipinski definition) is 1. The molecule has 2 rings (SSSR count). The van der Waals surface area contributed by atoms with Crippen molar-refractivity contribution in [3.63, 3.8) is 0 Å². The molecule has 0 saturated heterocycles. The van der Waals surface area contributed by atoms with Crippen molar-refractivity contribution >= 4 is 0 Å². The van der Waals surface area contributed by atoms with Gasteiger partial charge in [-0.05, 0) is 30.0 Å². The Bertz CT molecular complexity index is 485. The van der Waals surface area contributed by atoms with Gasteiger partial charge < -0.3 is 5.11 Å². The number of hydrogen-bond donors (Lipinski definition) is 1. The Morgan fingerprint density at radius 2 is 1.65 bits per heavy atom. The van der Waals surface area contributed by atoms with Crippen LogP contribution in [0.15, 0.2) is 48.5 Å². The Morgan fingerprint density at radius 3 is 2.29 bits per heavy atom. The van der Waals surface area contributed by atoms with Crippen LogP contribution in [-0.4, -0.2) is 5.11 Å². The van der Waals surface area contributed by atoms with Gasteiger partial charge >= 0.3 is 0 Å². The van der Waals surface area contributed by atoms with Crippen molar-refractivity contribution in [3.8, 4) is 11.1 Å². The zero-order valence-electron chi connectivity index (χ0n) is 10.4. The van der Waals surface area contributed by atoms with Crippen LogP contribution < -0.4 is 0 Å². The maximum absolute atomic E-state index is 10.0. The summed E-state index contributed by atoms with van der Waals surface area (Å²) >= 11 is 0. The van der Waals surface area contributed by atoms with Crippen LogP contribution in [0.2, 0.25) is 0 Å². The van der Waals surface area contributed by atoms with E-state index < -0.39 is 0 Å². The summed E-state index contributed by atoms with van der Waals surface area (Å²) in [5, 5.41) is 10.0. The average Bonchev–Trinajstić information content (AvgIpc) is 2.39. The first-order valence-corrected chi connectivity index (χ1v) is 6.06. The topological polar surface area (TPSA) is 20.2 Å². The molecule has 0 unspecified atom stereocenters. The Hall–Kier alpha value is -1.60.